The van der Waals surface area contributed by atoms with Gasteiger partial charge in [-0.25, -0.2) is 18.1 Å². The van der Waals surface area contributed by atoms with Crippen LogP contribution in [-0.2, 0) is 19.6 Å². The predicted octanol–water partition coefficient (Wildman–Crippen LogP) is 7.20. The van der Waals surface area contributed by atoms with Gasteiger partial charge in [-0.1, -0.05) is 78.1 Å². The quantitative estimate of drug-likeness (QED) is 0.0630. The summed E-state index contributed by atoms with van der Waals surface area (Å²) < 4.78 is 25.8. The van der Waals surface area contributed by atoms with E-state index in [0.29, 0.717) is 57.1 Å². The number of halogens is 4. The van der Waals surface area contributed by atoms with Crippen LogP contribution in [0.2, 0.25) is 0 Å². The number of carbonyl (C=O) groups is 2. The second-order valence-electron chi connectivity index (χ2n) is 16.8. The normalized spacial score (nSPS) is 32.2. The number of likely N-dealkylation sites (N-methyl/N-ethyl adjacent to an activating group) is 1. The molecule has 11 nitrogen and oxygen atoms in total. The standard InChI is InChI=1S/C40H71Cl4N7O4S/c1-4-6-7-8-9-10-11-12-13-14-15-16-36(52)46-30-19-22-32(42)35(27-30)48-39-37(40(53)51(49-39)38-33(43)25-28(41)26-34(38)44)47-29-17-20-31(21-18-29)50(5-2)24-23-45-56(3,54)55/h28-35,37-38,45,47H,4-27H2,1-3H3,(H,46,52)(H,48,49). The predicted molar refractivity (Wildman–Crippen MR) is 233 cm³/mol. The summed E-state index contributed by atoms with van der Waals surface area (Å²) in [6, 6.07) is -1.07. The lowest BCUT2D eigenvalue weighted by Crippen LogP contribution is -2.57. The Morgan fingerprint density at radius 3 is 2.00 bits per heavy atom. The number of hydrogen-bond acceptors (Lipinski definition) is 7. The van der Waals surface area contributed by atoms with E-state index >= 15 is 0 Å². The fourth-order valence-corrected chi connectivity index (χ4v) is 11.4. The Balaban J connectivity index is 1.33. The molecule has 0 radical (unpaired) electrons. The first-order chi connectivity index (χ1) is 26.8. The van der Waals surface area contributed by atoms with Gasteiger partial charge in [0.05, 0.1) is 34.5 Å². The van der Waals surface area contributed by atoms with Gasteiger partial charge in [0.25, 0.3) is 5.91 Å². The van der Waals surface area contributed by atoms with E-state index in [2.05, 4.69) is 39.5 Å². The van der Waals surface area contributed by atoms with E-state index in [1.807, 2.05) is 0 Å². The second kappa shape index (κ2) is 24.6. The molecule has 4 rings (SSSR count). The van der Waals surface area contributed by atoms with Crippen LogP contribution in [0.4, 0.5) is 0 Å². The Morgan fingerprint density at radius 2 is 1.41 bits per heavy atom. The smallest absolute Gasteiger partial charge is 0.266 e. The fraction of sp³-hybridized carbons (Fsp3) is 0.925. The lowest BCUT2D eigenvalue weighted by atomic mass is 9.89. The van der Waals surface area contributed by atoms with Gasteiger partial charge < -0.3 is 5.32 Å². The molecule has 6 unspecified atom stereocenters. The van der Waals surface area contributed by atoms with Crippen molar-refractivity contribution in [2.75, 3.05) is 25.9 Å². The third kappa shape index (κ3) is 15.8. The Morgan fingerprint density at radius 1 is 0.821 bits per heavy atom. The van der Waals surface area contributed by atoms with Crippen molar-refractivity contribution in [2.24, 2.45) is 4.99 Å². The fourth-order valence-electron chi connectivity index (χ4n) is 9.01. The van der Waals surface area contributed by atoms with Gasteiger partial charge in [-0.15, -0.1) is 46.4 Å². The molecule has 1 saturated heterocycles. The molecular formula is C40H71Cl4N7O4S. The molecule has 1 heterocycles. The number of hydrogen-bond donors (Lipinski definition) is 4. The number of aliphatic imine (C=N–C) groups is 1. The molecule has 4 fully saturated rings. The molecule has 0 spiro atoms. The van der Waals surface area contributed by atoms with Crippen LogP contribution in [-0.4, -0.2) is 120 Å². The van der Waals surface area contributed by atoms with E-state index in [9.17, 15) is 18.0 Å². The zero-order valence-corrected chi connectivity index (χ0v) is 38.0. The van der Waals surface area contributed by atoms with Crippen molar-refractivity contribution < 1.29 is 18.0 Å². The van der Waals surface area contributed by atoms with Crippen LogP contribution in [0.5, 0.6) is 0 Å². The molecule has 2 amide bonds. The van der Waals surface area contributed by atoms with Gasteiger partial charge in [-0.05, 0) is 70.8 Å². The Labute approximate surface area is 358 Å². The number of amides is 2. The summed E-state index contributed by atoms with van der Waals surface area (Å²) >= 11 is 27.1. The Kier molecular flexibility index (Phi) is 21.1. The first-order valence-electron chi connectivity index (χ1n) is 21.8. The number of alkyl halides is 4. The molecule has 0 bridgehead atoms. The number of sulfonamides is 1. The molecule has 3 aliphatic carbocycles. The van der Waals surface area contributed by atoms with Crippen molar-refractivity contribution in [1.82, 2.24) is 30.7 Å². The molecule has 4 aliphatic rings. The van der Waals surface area contributed by atoms with Gasteiger partial charge in [0.1, 0.15) is 11.9 Å². The number of carbonyl (C=O) groups excluding carboxylic acids is 2. The van der Waals surface area contributed by atoms with E-state index < -0.39 is 32.9 Å². The highest BCUT2D eigenvalue weighted by atomic mass is 35.5. The minimum Gasteiger partial charge on any atom is -0.353 e. The highest BCUT2D eigenvalue weighted by molar-refractivity contribution is 7.88. The topological polar surface area (TPSA) is 135 Å². The number of unbranched alkanes of at least 4 members (excludes halogenated alkanes) is 10. The van der Waals surface area contributed by atoms with Crippen LogP contribution in [0.15, 0.2) is 4.99 Å². The van der Waals surface area contributed by atoms with Gasteiger partial charge >= 0.3 is 0 Å². The van der Waals surface area contributed by atoms with Crippen molar-refractivity contribution in [2.45, 2.75) is 206 Å². The average Bonchev–Trinajstić information content (AvgIpc) is 3.43. The maximum atomic E-state index is 14.3. The average molecular weight is 888 g/mol. The summed E-state index contributed by atoms with van der Waals surface area (Å²) in [5.41, 5.74) is 3.33. The molecule has 4 N–H and O–H groups in total. The lowest BCUT2D eigenvalue weighted by molar-refractivity contribution is -0.134. The van der Waals surface area contributed by atoms with Crippen molar-refractivity contribution in [3.63, 3.8) is 0 Å². The van der Waals surface area contributed by atoms with E-state index in [1.54, 1.807) is 5.01 Å². The van der Waals surface area contributed by atoms with Crippen molar-refractivity contribution >= 4 is 74.1 Å². The van der Waals surface area contributed by atoms with Crippen LogP contribution in [0, 0.1) is 0 Å². The van der Waals surface area contributed by atoms with Gasteiger partial charge in [0.15, 0.2) is 0 Å². The minimum absolute atomic E-state index is 0.0259. The van der Waals surface area contributed by atoms with E-state index in [1.165, 1.54) is 64.0 Å². The van der Waals surface area contributed by atoms with Crippen LogP contribution in [0.1, 0.15) is 149 Å². The summed E-state index contributed by atoms with van der Waals surface area (Å²) in [6.07, 6.45) is 22.2. The van der Waals surface area contributed by atoms with E-state index in [4.69, 9.17) is 51.4 Å². The highest BCUT2D eigenvalue weighted by Gasteiger charge is 2.49. The van der Waals surface area contributed by atoms with Gasteiger partial charge in [-0.2, -0.15) is 0 Å². The summed E-state index contributed by atoms with van der Waals surface area (Å²) in [4.78, 5) is 34.7. The van der Waals surface area contributed by atoms with Gasteiger partial charge in [-0.3, -0.25) is 30.2 Å². The van der Waals surface area contributed by atoms with E-state index in [0.717, 1.165) is 51.5 Å². The highest BCUT2D eigenvalue weighted by Crippen LogP contribution is 2.35. The lowest BCUT2D eigenvalue weighted by Gasteiger charge is -2.39. The maximum Gasteiger partial charge on any atom is 0.266 e. The number of rotatable bonds is 23. The first-order valence-corrected chi connectivity index (χ1v) is 25.4. The summed E-state index contributed by atoms with van der Waals surface area (Å²) in [6.45, 7) is 6.21. The Hall–Kier alpha value is -0.600. The molecule has 3 saturated carbocycles. The summed E-state index contributed by atoms with van der Waals surface area (Å²) in [5.74, 6) is 0.440. The number of nitrogens with zero attached hydrogens (tertiary/aromatic N) is 3. The number of hydrazine groups is 1. The first kappa shape index (κ1) is 48.1. The van der Waals surface area contributed by atoms with Crippen molar-refractivity contribution in [1.29, 1.82) is 0 Å². The zero-order valence-electron chi connectivity index (χ0n) is 34.1. The third-order valence-electron chi connectivity index (χ3n) is 12.2. The largest absolute Gasteiger partial charge is 0.353 e. The summed E-state index contributed by atoms with van der Waals surface area (Å²) in [7, 11) is -3.24. The molecule has 0 aromatic heterocycles. The molecule has 0 aromatic rings. The molecule has 324 valence electrons. The zero-order chi connectivity index (χ0) is 40.7. The summed E-state index contributed by atoms with van der Waals surface area (Å²) in [5, 5.41) is 7.26. The number of amidine groups is 1. The molecule has 0 aromatic carbocycles. The molecule has 6 atom stereocenters. The van der Waals surface area contributed by atoms with Crippen LogP contribution in [0.25, 0.3) is 0 Å². The maximum absolute atomic E-state index is 14.3. The minimum atomic E-state index is -3.24. The SMILES string of the molecule is CCCCCCCCCCCCCC(=O)NC1CCC(Cl)C(N=C2NN(C3C(Cl)CC(Cl)CC3Cl)C(=O)C2NC2CCC(N(CC)CCNS(C)(=O)=O)CC2)C1. The molecule has 16 heteroatoms. The van der Waals surface area contributed by atoms with Gasteiger partial charge in [0, 0.05) is 43.0 Å². The molecule has 56 heavy (non-hydrogen) atoms. The Bertz CT molecular complexity index is 1330. The van der Waals surface area contributed by atoms with Crippen LogP contribution in [0.3, 0.4) is 0 Å². The van der Waals surface area contributed by atoms with E-state index in [-0.39, 0.29) is 40.7 Å². The molecular weight excluding hydrogens is 816 g/mol. The second-order valence-corrected chi connectivity index (χ2v) is 20.9. The monoisotopic (exact) mass is 885 g/mol. The van der Waals surface area contributed by atoms with Crippen molar-refractivity contribution in [3.8, 4) is 0 Å². The van der Waals surface area contributed by atoms with Crippen LogP contribution < -0.4 is 20.8 Å². The van der Waals surface area contributed by atoms with Gasteiger partial charge in [0.2, 0.25) is 15.9 Å². The number of nitrogens with one attached hydrogen (secondary N) is 4. The van der Waals surface area contributed by atoms with Crippen LogP contribution >= 0.6 is 46.4 Å². The third-order valence-corrected chi connectivity index (χ3v) is 14.7. The van der Waals surface area contributed by atoms with Crippen molar-refractivity contribution in [3.05, 3.63) is 0 Å². The molecule has 1 aliphatic heterocycles.